The molecule has 0 saturated carbocycles. The van der Waals surface area contributed by atoms with Crippen LogP contribution in [-0.4, -0.2) is 29.8 Å². The third-order valence-electron chi connectivity index (χ3n) is 4.90. The van der Waals surface area contributed by atoms with Crippen LogP contribution in [0.25, 0.3) is 10.6 Å². The Morgan fingerprint density at radius 3 is 2.52 bits per heavy atom. The SMILES string of the molecule is COc1cc2c(cc1OC)C1=C(c3ccccc3)SC(=N)[N+]1(SC#N)CC2. The molecule has 0 spiro atoms. The molecular weight excluding hydrogens is 378 g/mol. The van der Waals surface area contributed by atoms with Gasteiger partial charge in [-0.3, -0.25) is 0 Å². The second-order valence-corrected chi connectivity index (χ2v) is 8.20. The number of amidine groups is 1. The number of nitrogens with zero attached hydrogens (tertiary/aromatic N) is 2. The van der Waals surface area contributed by atoms with Gasteiger partial charge in [-0.25, -0.2) is 5.41 Å². The maximum atomic E-state index is 9.49. The Hall–Kier alpha value is -2.40. The second-order valence-electron chi connectivity index (χ2n) is 6.21. The van der Waals surface area contributed by atoms with Crippen molar-refractivity contribution in [3.63, 3.8) is 0 Å². The minimum atomic E-state index is 0.202. The van der Waals surface area contributed by atoms with E-state index in [1.807, 2.05) is 30.3 Å². The summed E-state index contributed by atoms with van der Waals surface area (Å²) in [6.07, 6.45) is 0.763. The lowest BCUT2D eigenvalue weighted by molar-refractivity contribution is -0.608. The van der Waals surface area contributed by atoms with Crippen molar-refractivity contribution < 1.29 is 13.4 Å². The maximum absolute atomic E-state index is 9.49. The van der Waals surface area contributed by atoms with E-state index in [0.29, 0.717) is 23.2 Å². The molecule has 27 heavy (non-hydrogen) atoms. The highest BCUT2D eigenvalue weighted by Gasteiger charge is 2.53. The standard InChI is InChI=1S/C20H18N3O2S2/c1-24-16-10-14-8-9-23(26-12-21)18(15(14)11-17(16)25-2)19(27-20(23)22)13-6-4-3-5-7-13/h3-7,10-11,22H,8-9H2,1-2H3/q+1. The Labute approximate surface area is 166 Å². The van der Waals surface area contributed by atoms with Crippen molar-refractivity contribution in [2.45, 2.75) is 6.42 Å². The Kier molecular flexibility index (Phi) is 4.64. The van der Waals surface area contributed by atoms with Crippen LogP contribution in [0.2, 0.25) is 0 Å². The van der Waals surface area contributed by atoms with Crippen LogP contribution in [-0.2, 0) is 6.42 Å². The van der Waals surface area contributed by atoms with Gasteiger partial charge in [0, 0.05) is 12.0 Å². The van der Waals surface area contributed by atoms with Crippen LogP contribution in [0.1, 0.15) is 16.7 Å². The first-order chi connectivity index (χ1) is 13.1. The van der Waals surface area contributed by atoms with Crippen LogP contribution in [0.5, 0.6) is 11.5 Å². The van der Waals surface area contributed by atoms with Gasteiger partial charge in [-0.15, -0.1) is 0 Å². The molecule has 1 unspecified atom stereocenters. The van der Waals surface area contributed by atoms with Crippen LogP contribution >= 0.6 is 23.7 Å². The molecule has 2 heterocycles. The van der Waals surface area contributed by atoms with E-state index in [1.165, 1.54) is 11.8 Å². The molecule has 0 bridgehead atoms. The van der Waals surface area contributed by atoms with Crippen molar-refractivity contribution in [2.24, 2.45) is 0 Å². The Morgan fingerprint density at radius 1 is 1.15 bits per heavy atom. The molecule has 1 atom stereocenters. The van der Waals surface area contributed by atoms with Crippen molar-refractivity contribution in [1.29, 1.82) is 10.7 Å². The van der Waals surface area contributed by atoms with E-state index in [-0.39, 0.29) is 3.89 Å². The van der Waals surface area contributed by atoms with Crippen molar-refractivity contribution in [3.8, 4) is 16.9 Å². The van der Waals surface area contributed by atoms with Gasteiger partial charge in [-0.05, 0) is 35.0 Å². The van der Waals surface area contributed by atoms with Crippen LogP contribution in [0, 0.1) is 16.1 Å². The van der Waals surface area contributed by atoms with Crippen LogP contribution < -0.4 is 9.47 Å². The predicted molar refractivity (Wildman–Crippen MR) is 110 cm³/mol. The van der Waals surface area contributed by atoms with E-state index in [0.717, 1.165) is 45.7 Å². The van der Waals surface area contributed by atoms with Crippen LogP contribution in [0.3, 0.4) is 0 Å². The molecule has 0 fully saturated rings. The Balaban J connectivity index is 2.02. The van der Waals surface area contributed by atoms with E-state index in [9.17, 15) is 5.26 Å². The topological polar surface area (TPSA) is 66.1 Å². The van der Waals surface area contributed by atoms with E-state index >= 15 is 0 Å². The van der Waals surface area contributed by atoms with Crippen LogP contribution in [0.4, 0.5) is 0 Å². The summed E-state index contributed by atoms with van der Waals surface area (Å²) in [5.41, 5.74) is 4.22. The van der Waals surface area contributed by atoms with Crippen molar-refractivity contribution in [3.05, 3.63) is 59.2 Å². The molecule has 0 aromatic heterocycles. The lowest BCUT2D eigenvalue weighted by Crippen LogP contribution is -2.44. The first-order valence-corrected chi connectivity index (χ1v) is 10.0. The number of nitriles is 1. The molecule has 2 aliphatic rings. The number of methoxy groups -OCH3 is 2. The van der Waals surface area contributed by atoms with Crippen LogP contribution in [0.15, 0.2) is 42.5 Å². The van der Waals surface area contributed by atoms with Gasteiger partial charge in [0.2, 0.25) is 11.9 Å². The molecule has 0 radical (unpaired) electrons. The molecule has 0 amide bonds. The van der Waals surface area contributed by atoms with E-state index in [1.54, 1.807) is 14.2 Å². The average molecular weight is 397 g/mol. The zero-order valence-electron chi connectivity index (χ0n) is 15.0. The number of nitrogens with one attached hydrogen (secondary N) is 1. The fraction of sp³-hybridized carbons (Fsp3) is 0.200. The summed E-state index contributed by atoms with van der Waals surface area (Å²) in [5.74, 6) is 1.35. The lowest BCUT2D eigenvalue weighted by Gasteiger charge is -2.34. The number of hydrogen-bond donors (Lipinski definition) is 1. The molecule has 5 nitrogen and oxygen atoms in total. The first-order valence-electron chi connectivity index (χ1n) is 8.43. The molecule has 7 heteroatoms. The maximum Gasteiger partial charge on any atom is 0.279 e. The molecule has 136 valence electrons. The van der Waals surface area contributed by atoms with E-state index < -0.39 is 0 Å². The number of quaternary nitrogens is 1. The highest BCUT2D eigenvalue weighted by Crippen LogP contribution is 2.57. The third kappa shape index (κ3) is 2.72. The minimum absolute atomic E-state index is 0.202. The molecule has 0 aliphatic carbocycles. The van der Waals surface area contributed by atoms with Gasteiger partial charge < -0.3 is 9.47 Å². The Morgan fingerprint density at radius 2 is 1.85 bits per heavy atom. The van der Waals surface area contributed by atoms with Gasteiger partial charge in [0.15, 0.2) is 22.6 Å². The summed E-state index contributed by atoms with van der Waals surface area (Å²) < 4.78 is 11.2. The number of hydrogen-bond acceptors (Lipinski definition) is 6. The number of thiocyanates is 1. The third-order valence-corrected chi connectivity index (χ3v) is 7.09. The first kappa shape index (κ1) is 18.0. The van der Waals surface area contributed by atoms with Crippen molar-refractivity contribution in [1.82, 2.24) is 0 Å². The number of benzene rings is 2. The van der Waals surface area contributed by atoms with Crippen molar-refractivity contribution >= 4 is 39.5 Å². The van der Waals surface area contributed by atoms with Crippen molar-refractivity contribution in [2.75, 3.05) is 20.8 Å². The van der Waals surface area contributed by atoms with E-state index in [2.05, 4.69) is 17.5 Å². The smallest absolute Gasteiger partial charge is 0.279 e. The second kappa shape index (κ2) is 6.97. The highest BCUT2D eigenvalue weighted by molar-refractivity contribution is 8.22. The molecule has 2 aromatic rings. The fourth-order valence-electron chi connectivity index (χ4n) is 3.63. The molecule has 4 rings (SSSR count). The molecule has 1 N–H and O–H groups in total. The fourth-order valence-corrected chi connectivity index (χ4v) is 5.74. The number of fused-ring (bicyclic) bond motifs is 3. The van der Waals surface area contributed by atoms with Gasteiger partial charge in [0.25, 0.3) is 5.17 Å². The average Bonchev–Trinajstić information content (AvgIpc) is 3.00. The number of rotatable bonds is 4. The lowest BCUT2D eigenvalue weighted by atomic mass is 9.94. The van der Waals surface area contributed by atoms with Gasteiger partial charge in [0.05, 0.1) is 19.1 Å². The summed E-state index contributed by atoms with van der Waals surface area (Å²) >= 11 is 2.57. The van der Waals surface area contributed by atoms with Gasteiger partial charge >= 0.3 is 0 Å². The quantitative estimate of drug-likeness (QED) is 0.460. The highest BCUT2D eigenvalue weighted by atomic mass is 32.2. The summed E-state index contributed by atoms with van der Waals surface area (Å²) in [7, 11) is 3.26. The van der Waals surface area contributed by atoms with E-state index in [4.69, 9.17) is 14.9 Å². The summed E-state index contributed by atoms with van der Waals surface area (Å²) in [6, 6.07) is 14.1. The zero-order chi connectivity index (χ0) is 19.0. The predicted octanol–water partition coefficient (Wildman–Crippen LogP) is 4.71. The zero-order valence-corrected chi connectivity index (χ0v) is 16.6. The summed E-state index contributed by atoms with van der Waals surface area (Å²) in [4.78, 5) is 1.02. The summed E-state index contributed by atoms with van der Waals surface area (Å²) in [6.45, 7) is 0.665. The van der Waals surface area contributed by atoms with Gasteiger partial charge in [-0.2, -0.15) is 9.15 Å². The normalized spacial score (nSPS) is 20.7. The Bertz CT molecular complexity index is 998. The largest absolute Gasteiger partial charge is 0.493 e. The monoisotopic (exact) mass is 396 g/mol. The number of thioether (sulfide) groups is 1. The van der Waals surface area contributed by atoms with Gasteiger partial charge in [-0.1, -0.05) is 30.3 Å². The summed E-state index contributed by atoms with van der Waals surface area (Å²) in [5, 5.41) is 20.9. The molecule has 2 aromatic carbocycles. The minimum Gasteiger partial charge on any atom is -0.493 e. The molecule has 0 saturated heterocycles. The molecular formula is C20H18N3O2S2+. The molecule has 2 aliphatic heterocycles. The number of ether oxygens (including phenoxy) is 2. The van der Waals surface area contributed by atoms with Gasteiger partial charge in [0.1, 0.15) is 6.54 Å².